The lowest BCUT2D eigenvalue weighted by atomic mass is 10.2. The van der Waals surface area contributed by atoms with Gasteiger partial charge in [-0.1, -0.05) is 34.5 Å². The number of nitrogens with one attached hydrogen (secondary N) is 2. The predicted molar refractivity (Wildman–Crippen MR) is 107 cm³/mol. The fraction of sp³-hybridized carbons (Fsp3) is 0.176. The molecule has 27 heavy (non-hydrogen) atoms. The molecule has 0 aliphatic rings. The van der Waals surface area contributed by atoms with Crippen LogP contribution in [0, 0.1) is 0 Å². The van der Waals surface area contributed by atoms with Gasteiger partial charge in [0.05, 0.1) is 17.2 Å². The average Bonchev–Trinajstić information content (AvgIpc) is 3.16. The van der Waals surface area contributed by atoms with Crippen molar-refractivity contribution in [2.75, 3.05) is 23.8 Å². The van der Waals surface area contributed by atoms with Crippen molar-refractivity contribution in [1.82, 2.24) is 15.2 Å². The Bertz CT molecular complexity index is 891. The summed E-state index contributed by atoms with van der Waals surface area (Å²) in [6.45, 7) is 1.16. The molecule has 0 saturated carbocycles. The number of rotatable bonds is 8. The SMILES string of the molecule is O=C(Nc1nncs1)c1ccc(NCCCOc2ccc(Cl)cc2Cl)nc1. The van der Waals surface area contributed by atoms with E-state index in [4.69, 9.17) is 27.9 Å². The van der Waals surface area contributed by atoms with Gasteiger partial charge in [0, 0.05) is 17.8 Å². The van der Waals surface area contributed by atoms with Crippen LogP contribution in [0.4, 0.5) is 10.9 Å². The van der Waals surface area contributed by atoms with Crippen LogP contribution in [0.1, 0.15) is 16.8 Å². The van der Waals surface area contributed by atoms with Crippen molar-refractivity contribution >= 4 is 51.4 Å². The summed E-state index contributed by atoms with van der Waals surface area (Å²) in [4.78, 5) is 16.3. The Balaban J connectivity index is 1.40. The van der Waals surface area contributed by atoms with Gasteiger partial charge in [0.1, 0.15) is 17.1 Å². The number of ether oxygens (including phenoxy) is 1. The molecule has 0 unspecified atom stereocenters. The van der Waals surface area contributed by atoms with Crippen molar-refractivity contribution in [2.24, 2.45) is 0 Å². The molecule has 0 fully saturated rings. The largest absolute Gasteiger partial charge is 0.492 e. The number of anilines is 2. The number of carbonyl (C=O) groups is 1. The van der Waals surface area contributed by atoms with Gasteiger partial charge in [0.15, 0.2) is 0 Å². The molecule has 1 amide bonds. The zero-order chi connectivity index (χ0) is 19.1. The van der Waals surface area contributed by atoms with Gasteiger partial charge >= 0.3 is 0 Å². The first-order chi connectivity index (χ1) is 13.1. The minimum Gasteiger partial charge on any atom is -0.492 e. The Kier molecular flexibility index (Phi) is 6.80. The van der Waals surface area contributed by atoms with Gasteiger partial charge in [-0.15, -0.1) is 10.2 Å². The standard InChI is InChI=1S/C17H15Cl2N5O2S/c18-12-3-4-14(13(19)8-12)26-7-1-6-20-15-5-2-11(9-21-15)16(25)23-17-24-22-10-27-17/h2-5,8-10H,1,6-7H2,(H,20,21)(H,23,24,25). The first-order valence-corrected chi connectivity index (χ1v) is 9.60. The minimum atomic E-state index is -0.279. The number of hydrogen-bond donors (Lipinski definition) is 2. The van der Waals surface area contributed by atoms with Crippen molar-refractivity contribution < 1.29 is 9.53 Å². The second kappa shape index (κ2) is 9.50. The highest BCUT2D eigenvalue weighted by molar-refractivity contribution is 7.13. The number of carbonyl (C=O) groups excluding carboxylic acids is 1. The number of halogens is 2. The first kappa shape index (κ1) is 19.3. The molecule has 0 aliphatic heterocycles. The highest BCUT2D eigenvalue weighted by Crippen LogP contribution is 2.27. The molecule has 0 saturated heterocycles. The van der Waals surface area contributed by atoms with E-state index in [1.807, 2.05) is 0 Å². The Morgan fingerprint density at radius 2 is 2.11 bits per heavy atom. The van der Waals surface area contributed by atoms with E-state index >= 15 is 0 Å². The van der Waals surface area contributed by atoms with Gasteiger partial charge < -0.3 is 10.1 Å². The summed E-state index contributed by atoms with van der Waals surface area (Å²) in [6, 6.07) is 8.55. The van der Waals surface area contributed by atoms with Crippen molar-refractivity contribution in [3.05, 3.63) is 57.6 Å². The summed E-state index contributed by atoms with van der Waals surface area (Å²) in [6.07, 6.45) is 2.25. The molecule has 7 nitrogen and oxygen atoms in total. The lowest BCUT2D eigenvalue weighted by Crippen LogP contribution is -2.13. The highest BCUT2D eigenvalue weighted by atomic mass is 35.5. The Morgan fingerprint density at radius 3 is 2.81 bits per heavy atom. The van der Waals surface area contributed by atoms with Crippen LogP contribution in [0.25, 0.3) is 0 Å². The Morgan fingerprint density at radius 1 is 1.22 bits per heavy atom. The third-order valence-electron chi connectivity index (χ3n) is 3.38. The second-order valence-electron chi connectivity index (χ2n) is 5.33. The number of hydrogen-bond acceptors (Lipinski definition) is 7. The molecular formula is C17H15Cl2N5O2S. The fourth-order valence-corrected chi connectivity index (χ4v) is 3.00. The molecule has 1 aromatic carbocycles. The summed E-state index contributed by atoms with van der Waals surface area (Å²) in [5.74, 6) is 0.996. The third-order valence-corrected chi connectivity index (χ3v) is 4.52. The van der Waals surface area contributed by atoms with Gasteiger partial charge in [0.2, 0.25) is 5.13 Å². The monoisotopic (exact) mass is 423 g/mol. The van der Waals surface area contributed by atoms with Crippen LogP contribution < -0.4 is 15.4 Å². The summed E-state index contributed by atoms with van der Waals surface area (Å²) in [5.41, 5.74) is 1.99. The van der Waals surface area contributed by atoms with Crippen LogP contribution in [0.2, 0.25) is 10.0 Å². The van der Waals surface area contributed by atoms with Crippen molar-refractivity contribution in [3.63, 3.8) is 0 Å². The maximum absolute atomic E-state index is 12.0. The van der Waals surface area contributed by atoms with Crippen LogP contribution in [-0.2, 0) is 0 Å². The van der Waals surface area contributed by atoms with E-state index in [1.54, 1.807) is 35.8 Å². The molecule has 3 rings (SSSR count). The number of nitrogens with zero attached hydrogens (tertiary/aromatic N) is 3. The lowest BCUT2D eigenvalue weighted by Gasteiger charge is -2.09. The van der Waals surface area contributed by atoms with E-state index in [-0.39, 0.29) is 5.91 Å². The zero-order valence-electron chi connectivity index (χ0n) is 14.0. The maximum Gasteiger partial charge on any atom is 0.259 e. The van der Waals surface area contributed by atoms with Crippen molar-refractivity contribution in [1.29, 1.82) is 0 Å². The van der Waals surface area contributed by atoms with E-state index < -0.39 is 0 Å². The molecule has 2 aromatic heterocycles. The minimum absolute atomic E-state index is 0.279. The molecule has 0 aliphatic carbocycles. The van der Waals surface area contributed by atoms with Crippen LogP contribution in [0.5, 0.6) is 5.75 Å². The van der Waals surface area contributed by atoms with E-state index in [0.29, 0.717) is 45.5 Å². The first-order valence-electron chi connectivity index (χ1n) is 7.97. The van der Waals surface area contributed by atoms with E-state index in [0.717, 1.165) is 6.42 Å². The summed E-state index contributed by atoms with van der Waals surface area (Å²) in [5, 5.41) is 14.8. The Hall–Kier alpha value is -2.42. The number of pyridine rings is 1. The zero-order valence-corrected chi connectivity index (χ0v) is 16.3. The molecule has 140 valence electrons. The van der Waals surface area contributed by atoms with Crippen LogP contribution in [0.15, 0.2) is 42.0 Å². The number of amides is 1. The molecular weight excluding hydrogens is 409 g/mol. The van der Waals surface area contributed by atoms with E-state index in [1.165, 1.54) is 17.5 Å². The summed E-state index contributed by atoms with van der Waals surface area (Å²) in [7, 11) is 0. The van der Waals surface area contributed by atoms with Crippen LogP contribution in [-0.4, -0.2) is 34.2 Å². The van der Waals surface area contributed by atoms with Gasteiger partial charge in [-0.2, -0.15) is 0 Å². The van der Waals surface area contributed by atoms with Gasteiger partial charge in [-0.25, -0.2) is 4.98 Å². The number of aromatic nitrogens is 3. The van der Waals surface area contributed by atoms with Crippen LogP contribution >= 0.6 is 34.5 Å². The second-order valence-corrected chi connectivity index (χ2v) is 7.01. The molecule has 0 radical (unpaired) electrons. The van der Waals surface area contributed by atoms with Gasteiger partial charge in [0.25, 0.3) is 5.91 Å². The normalized spacial score (nSPS) is 10.4. The molecule has 10 heteroatoms. The smallest absolute Gasteiger partial charge is 0.259 e. The average molecular weight is 424 g/mol. The van der Waals surface area contributed by atoms with Gasteiger partial charge in [-0.3, -0.25) is 10.1 Å². The lowest BCUT2D eigenvalue weighted by molar-refractivity contribution is 0.102. The van der Waals surface area contributed by atoms with Crippen molar-refractivity contribution in [3.8, 4) is 5.75 Å². The Labute approximate surface area is 169 Å². The van der Waals surface area contributed by atoms with E-state index in [2.05, 4.69) is 25.8 Å². The highest BCUT2D eigenvalue weighted by Gasteiger charge is 2.08. The fourth-order valence-electron chi connectivity index (χ4n) is 2.09. The maximum atomic E-state index is 12.0. The van der Waals surface area contributed by atoms with Crippen molar-refractivity contribution in [2.45, 2.75) is 6.42 Å². The molecule has 0 spiro atoms. The molecule has 0 bridgehead atoms. The van der Waals surface area contributed by atoms with Crippen LogP contribution in [0.3, 0.4) is 0 Å². The topological polar surface area (TPSA) is 89.0 Å². The van der Waals surface area contributed by atoms with E-state index in [9.17, 15) is 4.79 Å². The molecule has 2 N–H and O–H groups in total. The summed E-state index contributed by atoms with van der Waals surface area (Å²) < 4.78 is 5.62. The predicted octanol–water partition coefficient (Wildman–Crippen LogP) is 4.37. The summed E-state index contributed by atoms with van der Waals surface area (Å²) >= 11 is 13.1. The quantitative estimate of drug-likeness (QED) is 0.522. The van der Waals surface area contributed by atoms with Gasteiger partial charge in [-0.05, 0) is 36.8 Å². The third kappa shape index (κ3) is 5.78. The molecule has 2 heterocycles. The molecule has 3 aromatic rings. The molecule has 0 atom stereocenters. The number of benzene rings is 1.